The number of amides is 3. The van der Waals surface area contributed by atoms with Gasteiger partial charge in [-0.05, 0) is 31.5 Å². The molecule has 28 heavy (non-hydrogen) atoms. The molecule has 0 radical (unpaired) electrons. The topological polar surface area (TPSA) is 82.7 Å². The van der Waals surface area contributed by atoms with Gasteiger partial charge in [0.25, 0.3) is 0 Å². The number of nitrogens with zero attached hydrogens (tertiary/aromatic N) is 1. The van der Waals surface area contributed by atoms with E-state index in [0.717, 1.165) is 31.5 Å². The van der Waals surface area contributed by atoms with Crippen molar-refractivity contribution in [2.75, 3.05) is 46.9 Å². The lowest BCUT2D eigenvalue weighted by molar-refractivity contribution is -0.121. The van der Waals surface area contributed by atoms with Gasteiger partial charge >= 0.3 is 6.03 Å². The fourth-order valence-corrected chi connectivity index (χ4v) is 3.36. The van der Waals surface area contributed by atoms with E-state index in [1.807, 2.05) is 30.3 Å². The van der Waals surface area contributed by atoms with Crippen LogP contribution in [-0.2, 0) is 16.1 Å². The van der Waals surface area contributed by atoms with Crippen molar-refractivity contribution in [2.24, 2.45) is 5.41 Å². The Hall–Kier alpha value is -1.83. The Bertz CT molecular complexity index is 589. The van der Waals surface area contributed by atoms with Crippen molar-refractivity contribution in [3.8, 4) is 0 Å². The van der Waals surface area contributed by atoms with Crippen LogP contribution in [0.1, 0.15) is 24.8 Å². The lowest BCUT2D eigenvalue weighted by Crippen LogP contribution is -2.47. The molecular formula is C20H33ClN4O3. The number of carbonyl (C=O) groups excluding carboxylic acids is 2. The van der Waals surface area contributed by atoms with E-state index in [2.05, 4.69) is 16.0 Å². The van der Waals surface area contributed by atoms with E-state index in [4.69, 9.17) is 4.74 Å². The van der Waals surface area contributed by atoms with Crippen LogP contribution in [0.15, 0.2) is 30.3 Å². The quantitative estimate of drug-likeness (QED) is 0.577. The maximum absolute atomic E-state index is 12.1. The number of halogens is 1. The summed E-state index contributed by atoms with van der Waals surface area (Å²) < 4.78 is 5.36. The molecule has 1 aliphatic heterocycles. The second kappa shape index (κ2) is 12.6. The van der Waals surface area contributed by atoms with Crippen LogP contribution < -0.4 is 16.0 Å². The number of piperidine rings is 1. The maximum Gasteiger partial charge on any atom is 0.317 e. The summed E-state index contributed by atoms with van der Waals surface area (Å²) in [5.41, 5.74) is 1.08. The molecule has 2 rings (SSSR count). The third-order valence-electron chi connectivity index (χ3n) is 5.01. The van der Waals surface area contributed by atoms with Gasteiger partial charge < -0.3 is 25.6 Å². The Morgan fingerprint density at radius 1 is 1.18 bits per heavy atom. The summed E-state index contributed by atoms with van der Waals surface area (Å²) in [6.45, 7) is 4.01. The van der Waals surface area contributed by atoms with Gasteiger partial charge in [0, 0.05) is 45.6 Å². The lowest BCUT2D eigenvalue weighted by Gasteiger charge is -2.37. The number of urea groups is 1. The van der Waals surface area contributed by atoms with Gasteiger partial charge in [-0.15, -0.1) is 12.4 Å². The molecule has 7 nitrogen and oxygen atoms in total. The Morgan fingerprint density at radius 2 is 1.86 bits per heavy atom. The molecule has 0 saturated carbocycles. The Balaban J connectivity index is 0.00000392. The largest absolute Gasteiger partial charge is 0.384 e. The molecule has 1 fully saturated rings. The summed E-state index contributed by atoms with van der Waals surface area (Å²) in [6, 6.07) is 9.62. The summed E-state index contributed by atoms with van der Waals surface area (Å²) in [5.74, 6) is -0.0463. The summed E-state index contributed by atoms with van der Waals surface area (Å²) in [7, 11) is 3.45. The van der Waals surface area contributed by atoms with E-state index in [9.17, 15) is 9.59 Å². The zero-order valence-corrected chi connectivity index (χ0v) is 17.6. The molecule has 158 valence electrons. The zero-order valence-electron chi connectivity index (χ0n) is 16.8. The van der Waals surface area contributed by atoms with Crippen molar-refractivity contribution in [1.82, 2.24) is 20.9 Å². The third kappa shape index (κ3) is 8.04. The molecule has 3 amide bonds. The van der Waals surface area contributed by atoms with Crippen LogP contribution in [-0.4, -0.2) is 63.8 Å². The highest BCUT2D eigenvalue weighted by Gasteiger charge is 2.32. The van der Waals surface area contributed by atoms with Crippen molar-refractivity contribution in [3.05, 3.63) is 35.9 Å². The molecule has 1 aromatic rings. The van der Waals surface area contributed by atoms with Crippen molar-refractivity contribution >= 4 is 24.3 Å². The normalized spacial score (nSPS) is 15.2. The van der Waals surface area contributed by atoms with Gasteiger partial charge in [0.1, 0.15) is 0 Å². The van der Waals surface area contributed by atoms with Gasteiger partial charge in [-0.3, -0.25) is 4.79 Å². The molecule has 0 unspecified atom stereocenters. The van der Waals surface area contributed by atoms with Crippen molar-refractivity contribution in [1.29, 1.82) is 0 Å². The van der Waals surface area contributed by atoms with E-state index in [-0.39, 0.29) is 36.2 Å². The third-order valence-corrected chi connectivity index (χ3v) is 5.01. The van der Waals surface area contributed by atoms with E-state index in [1.165, 1.54) is 0 Å². The van der Waals surface area contributed by atoms with E-state index < -0.39 is 0 Å². The van der Waals surface area contributed by atoms with Crippen molar-refractivity contribution in [2.45, 2.75) is 25.8 Å². The van der Waals surface area contributed by atoms with Gasteiger partial charge in [0.2, 0.25) is 5.91 Å². The number of hydrogen-bond donors (Lipinski definition) is 3. The van der Waals surface area contributed by atoms with E-state index >= 15 is 0 Å². The number of ether oxygens (including phenoxy) is 1. The van der Waals surface area contributed by atoms with E-state index in [0.29, 0.717) is 26.2 Å². The summed E-state index contributed by atoms with van der Waals surface area (Å²) in [5, 5.41) is 9.15. The number of rotatable bonds is 9. The van der Waals surface area contributed by atoms with Crippen LogP contribution in [0.25, 0.3) is 0 Å². The summed E-state index contributed by atoms with van der Waals surface area (Å²) in [4.78, 5) is 25.9. The molecule has 0 bridgehead atoms. The molecule has 1 aliphatic rings. The number of hydrogen-bond acceptors (Lipinski definition) is 4. The highest BCUT2D eigenvalue weighted by atomic mass is 35.5. The van der Waals surface area contributed by atoms with Crippen molar-refractivity contribution < 1.29 is 14.3 Å². The average Bonchev–Trinajstić information content (AvgIpc) is 2.68. The maximum atomic E-state index is 12.1. The number of benzene rings is 1. The first-order chi connectivity index (χ1) is 13.0. The molecule has 1 aromatic carbocycles. The molecule has 0 aliphatic carbocycles. The highest BCUT2D eigenvalue weighted by molar-refractivity contribution is 5.85. The number of nitrogens with one attached hydrogen (secondary N) is 3. The second-order valence-electron chi connectivity index (χ2n) is 7.28. The minimum absolute atomic E-state index is 0. The fourth-order valence-electron chi connectivity index (χ4n) is 3.36. The Kier molecular flexibility index (Phi) is 10.9. The van der Waals surface area contributed by atoms with Crippen LogP contribution in [0.5, 0.6) is 0 Å². The summed E-state index contributed by atoms with van der Waals surface area (Å²) >= 11 is 0. The first-order valence-electron chi connectivity index (χ1n) is 9.54. The molecule has 8 heteroatoms. The number of carbonyl (C=O) groups is 2. The van der Waals surface area contributed by atoms with Gasteiger partial charge in [-0.1, -0.05) is 30.3 Å². The van der Waals surface area contributed by atoms with Crippen LogP contribution in [0.3, 0.4) is 0 Å². The number of methoxy groups -OCH3 is 1. The first kappa shape index (κ1) is 24.2. The molecule has 0 spiro atoms. The van der Waals surface area contributed by atoms with Crippen LogP contribution in [0.2, 0.25) is 0 Å². The minimum Gasteiger partial charge on any atom is -0.384 e. The zero-order chi connectivity index (χ0) is 19.5. The van der Waals surface area contributed by atoms with Gasteiger partial charge in [-0.2, -0.15) is 0 Å². The minimum atomic E-state index is -0.180. The average molecular weight is 413 g/mol. The predicted molar refractivity (Wildman–Crippen MR) is 113 cm³/mol. The molecule has 0 atom stereocenters. The second-order valence-corrected chi connectivity index (χ2v) is 7.28. The van der Waals surface area contributed by atoms with Gasteiger partial charge in [0.15, 0.2) is 0 Å². The van der Waals surface area contributed by atoms with Gasteiger partial charge in [0.05, 0.1) is 6.61 Å². The molecule has 3 N–H and O–H groups in total. The molecule has 1 saturated heterocycles. The Morgan fingerprint density at radius 3 is 2.50 bits per heavy atom. The smallest absolute Gasteiger partial charge is 0.317 e. The lowest BCUT2D eigenvalue weighted by atomic mass is 9.79. The highest BCUT2D eigenvalue weighted by Crippen LogP contribution is 2.28. The summed E-state index contributed by atoms with van der Waals surface area (Å²) in [6.07, 6.45) is 2.25. The first-order valence-corrected chi connectivity index (χ1v) is 9.54. The monoisotopic (exact) mass is 412 g/mol. The fraction of sp³-hybridized carbons (Fsp3) is 0.600. The van der Waals surface area contributed by atoms with Crippen LogP contribution in [0.4, 0.5) is 4.79 Å². The van der Waals surface area contributed by atoms with Gasteiger partial charge in [-0.25, -0.2) is 4.79 Å². The standard InChI is InChI=1S/C20H32N4O3.ClH/c1-24(14-17-6-4-3-5-7-17)19(26)22-11-8-18(25)23-15-20(16-27-2)9-12-21-13-10-20;/h3-7,21H,8-16H2,1-2H3,(H,22,26)(H,23,25);1H. The van der Waals surface area contributed by atoms with Crippen molar-refractivity contribution in [3.63, 3.8) is 0 Å². The van der Waals surface area contributed by atoms with Crippen LogP contribution >= 0.6 is 12.4 Å². The molecular weight excluding hydrogens is 380 g/mol. The predicted octanol–water partition coefficient (Wildman–Crippen LogP) is 1.77. The molecule has 0 aromatic heterocycles. The van der Waals surface area contributed by atoms with E-state index in [1.54, 1.807) is 19.1 Å². The van der Waals surface area contributed by atoms with Crippen LogP contribution in [0, 0.1) is 5.41 Å². The Labute approximate surface area is 174 Å². The SMILES string of the molecule is COCC1(CNC(=O)CCNC(=O)N(C)Cc2ccccc2)CCNCC1.Cl. The molecule has 1 heterocycles.